The topological polar surface area (TPSA) is 90.7 Å². The highest BCUT2D eigenvalue weighted by Crippen LogP contribution is 2.37. The third-order valence-corrected chi connectivity index (χ3v) is 5.97. The van der Waals surface area contributed by atoms with Crippen LogP contribution < -0.4 is 19.9 Å². The van der Waals surface area contributed by atoms with E-state index in [9.17, 15) is 8.42 Å². The smallest absolute Gasteiger partial charge is 0.242 e. The van der Waals surface area contributed by atoms with Gasteiger partial charge in [-0.25, -0.2) is 13.1 Å². The average Bonchev–Trinajstić information content (AvgIpc) is 2.48. The molecule has 0 aromatic heterocycles. The van der Waals surface area contributed by atoms with Gasteiger partial charge in [0.2, 0.25) is 10.0 Å². The van der Waals surface area contributed by atoms with Gasteiger partial charge in [-0.05, 0) is 25.7 Å². The van der Waals surface area contributed by atoms with Crippen molar-refractivity contribution in [2.45, 2.75) is 42.7 Å². The molecule has 1 saturated carbocycles. The molecule has 1 aliphatic carbocycles. The van der Waals surface area contributed by atoms with Crippen molar-refractivity contribution in [3.05, 3.63) is 17.2 Å². The fraction of sp³-hybridized carbons (Fsp3) is 0.571. The van der Waals surface area contributed by atoms with E-state index in [2.05, 4.69) is 4.72 Å². The van der Waals surface area contributed by atoms with E-state index in [1.54, 1.807) is 0 Å². The molecule has 3 N–H and O–H groups in total. The Morgan fingerprint density at radius 2 is 1.68 bits per heavy atom. The van der Waals surface area contributed by atoms with Gasteiger partial charge < -0.3 is 15.2 Å². The van der Waals surface area contributed by atoms with Gasteiger partial charge in [0.05, 0.1) is 5.02 Å². The highest BCUT2D eigenvalue weighted by Gasteiger charge is 2.27. The van der Waals surface area contributed by atoms with Crippen LogP contribution in [0.4, 0.5) is 0 Å². The van der Waals surface area contributed by atoms with Gasteiger partial charge in [0.25, 0.3) is 0 Å². The summed E-state index contributed by atoms with van der Waals surface area (Å²) in [5, 5.41) is 0.129. The first-order valence-corrected chi connectivity index (χ1v) is 9.19. The van der Waals surface area contributed by atoms with Crippen LogP contribution in [0, 0.1) is 0 Å². The van der Waals surface area contributed by atoms with Gasteiger partial charge in [-0.3, -0.25) is 0 Å². The second-order valence-corrected chi connectivity index (χ2v) is 7.75. The van der Waals surface area contributed by atoms with E-state index in [1.807, 2.05) is 0 Å². The summed E-state index contributed by atoms with van der Waals surface area (Å²) in [4.78, 5) is 0.0216. The second-order valence-electron chi connectivity index (χ2n) is 5.66. The molecule has 0 radical (unpaired) electrons. The van der Waals surface area contributed by atoms with Crippen molar-refractivity contribution in [2.75, 3.05) is 13.2 Å². The molecular weight excluding hydrogens is 328 g/mol. The maximum atomic E-state index is 12.6. The molecule has 3 rings (SSSR count). The molecule has 122 valence electrons. The summed E-state index contributed by atoms with van der Waals surface area (Å²) in [6, 6.07) is 2.97. The zero-order valence-corrected chi connectivity index (χ0v) is 13.6. The maximum absolute atomic E-state index is 12.6. The Morgan fingerprint density at radius 3 is 2.32 bits per heavy atom. The maximum Gasteiger partial charge on any atom is 0.242 e. The van der Waals surface area contributed by atoms with Crippen LogP contribution in [-0.2, 0) is 10.0 Å². The van der Waals surface area contributed by atoms with E-state index in [-0.39, 0.29) is 22.0 Å². The van der Waals surface area contributed by atoms with Crippen molar-refractivity contribution >= 4 is 21.6 Å². The Hall–Kier alpha value is -1.02. The first kappa shape index (κ1) is 15.9. The largest absolute Gasteiger partial charge is 0.486 e. The van der Waals surface area contributed by atoms with Crippen LogP contribution >= 0.6 is 11.6 Å². The van der Waals surface area contributed by atoms with Crippen LogP contribution in [0.25, 0.3) is 0 Å². The number of ether oxygens (including phenoxy) is 2. The molecule has 8 heteroatoms. The Balaban J connectivity index is 1.82. The summed E-state index contributed by atoms with van der Waals surface area (Å²) >= 11 is 6.11. The third kappa shape index (κ3) is 3.32. The highest BCUT2D eigenvalue weighted by molar-refractivity contribution is 7.89. The van der Waals surface area contributed by atoms with Crippen molar-refractivity contribution in [2.24, 2.45) is 5.73 Å². The fourth-order valence-corrected chi connectivity index (χ4v) is 4.61. The van der Waals surface area contributed by atoms with Crippen molar-refractivity contribution in [3.8, 4) is 11.5 Å². The molecule has 2 aliphatic rings. The van der Waals surface area contributed by atoms with Crippen molar-refractivity contribution in [3.63, 3.8) is 0 Å². The summed E-state index contributed by atoms with van der Waals surface area (Å²) in [5.41, 5.74) is 5.84. The quantitative estimate of drug-likeness (QED) is 0.868. The summed E-state index contributed by atoms with van der Waals surface area (Å²) < 4.78 is 38.7. The first-order chi connectivity index (χ1) is 10.5. The second kappa shape index (κ2) is 6.23. The molecule has 0 saturated heterocycles. The van der Waals surface area contributed by atoms with Crippen LogP contribution in [0.15, 0.2) is 17.0 Å². The molecule has 22 heavy (non-hydrogen) atoms. The summed E-state index contributed by atoms with van der Waals surface area (Å²) in [6.45, 7) is 0.818. The molecule has 1 heterocycles. The molecular formula is C14H19ClN2O4S. The number of hydrogen-bond acceptors (Lipinski definition) is 5. The van der Waals surface area contributed by atoms with Crippen LogP contribution in [0.3, 0.4) is 0 Å². The Bertz CT molecular complexity index is 657. The Kier molecular flexibility index (Phi) is 4.49. The van der Waals surface area contributed by atoms with Gasteiger partial charge in [-0.1, -0.05) is 11.6 Å². The predicted octanol–water partition coefficient (Wildman–Crippen LogP) is 1.66. The van der Waals surface area contributed by atoms with E-state index in [1.165, 1.54) is 12.1 Å². The fourth-order valence-electron chi connectivity index (χ4n) is 2.77. The molecule has 6 nitrogen and oxygen atoms in total. The Morgan fingerprint density at radius 1 is 1.09 bits per heavy atom. The van der Waals surface area contributed by atoms with Gasteiger partial charge in [-0.15, -0.1) is 0 Å². The molecule has 0 atom stereocenters. The number of fused-ring (bicyclic) bond motifs is 1. The predicted molar refractivity (Wildman–Crippen MR) is 83.0 cm³/mol. The standard InChI is InChI=1S/C14H19ClN2O4S/c15-11-7-12-13(21-6-5-20-12)8-14(11)22(18,19)17-10-3-1-9(16)2-4-10/h7-10,17H,1-6,16H2. The molecule has 1 aromatic carbocycles. The Labute approximate surface area is 135 Å². The van der Waals surface area contributed by atoms with E-state index in [0.717, 1.165) is 25.7 Å². The van der Waals surface area contributed by atoms with Crippen LogP contribution in [0.1, 0.15) is 25.7 Å². The summed E-state index contributed by atoms with van der Waals surface area (Å²) in [6.07, 6.45) is 3.12. The molecule has 1 aromatic rings. The lowest BCUT2D eigenvalue weighted by Gasteiger charge is -2.27. The van der Waals surface area contributed by atoms with Crippen LogP contribution in [-0.4, -0.2) is 33.7 Å². The van der Waals surface area contributed by atoms with Crippen molar-refractivity contribution in [1.82, 2.24) is 4.72 Å². The average molecular weight is 347 g/mol. The number of rotatable bonds is 3. The number of nitrogens with two attached hydrogens (primary N) is 1. The molecule has 0 bridgehead atoms. The lowest BCUT2D eigenvalue weighted by Crippen LogP contribution is -2.40. The lowest BCUT2D eigenvalue weighted by atomic mass is 9.93. The van der Waals surface area contributed by atoms with E-state index in [4.69, 9.17) is 26.8 Å². The number of halogens is 1. The van der Waals surface area contributed by atoms with Crippen LogP contribution in [0.5, 0.6) is 11.5 Å². The SMILES string of the molecule is NC1CCC(NS(=O)(=O)c2cc3c(cc2Cl)OCCO3)CC1. The highest BCUT2D eigenvalue weighted by atomic mass is 35.5. The summed E-state index contributed by atoms with van der Waals surface area (Å²) in [5.74, 6) is 0.875. The molecule has 0 unspecified atom stereocenters. The van der Waals surface area contributed by atoms with Gasteiger partial charge in [0, 0.05) is 24.2 Å². The minimum atomic E-state index is -3.70. The molecule has 1 fully saturated rings. The third-order valence-electron chi connectivity index (χ3n) is 3.98. The summed E-state index contributed by atoms with van der Waals surface area (Å²) in [7, 11) is -3.70. The molecule has 0 amide bonds. The van der Waals surface area contributed by atoms with Gasteiger partial charge in [-0.2, -0.15) is 0 Å². The number of benzene rings is 1. The van der Waals surface area contributed by atoms with E-state index < -0.39 is 10.0 Å². The van der Waals surface area contributed by atoms with Gasteiger partial charge in [0.15, 0.2) is 11.5 Å². The minimum Gasteiger partial charge on any atom is -0.486 e. The van der Waals surface area contributed by atoms with Crippen LogP contribution in [0.2, 0.25) is 5.02 Å². The normalized spacial score (nSPS) is 25.0. The molecule has 1 aliphatic heterocycles. The van der Waals surface area contributed by atoms with Gasteiger partial charge in [0.1, 0.15) is 18.1 Å². The van der Waals surface area contributed by atoms with Crippen molar-refractivity contribution < 1.29 is 17.9 Å². The zero-order valence-electron chi connectivity index (χ0n) is 12.0. The zero-order chi connectivity index (χ0) is 15.7. The first-order valence-electron chi connectivity index (χ1n) is 7.33. The lowest BCUT2D eigenvalue weighted by molar-refractivity contribution is 0.171. The number of sulfonamides is 1. The monoisotopic (exact) mass is 346 g/mol. The van der Waals surface area contributed by atoms with Gasteiger partial charge >= 0.3 is 0 Å². The number of nitrogens with one attached hydrogen (secondary N) is 1. The minimum absolute atomic E-state index is 0.0216. The number of hydrogen-bond donors (Lipinski definition) is 2. The van der Waals surface area contributed by atoms with E-state index >= 15 is 0 Å². The van der Waals surface area contributed by atoms with Crippen molar-refractivity contribution in [1.29, 1.82) is 0 Å². The molecule has 0 spiro atoms. The van der Waals surface area contributed by atoms with E-state index in [0.29, 0.717) is 24.7 Å².